The zero-order valence-corrected chi connectivity index (χ0v) is 15.6. The maximum absolute atomic E-state index is 12.7. The van der Waals surface area contributed by atoms with Crippen LogP contribution < -0.4 is 11.2 Å². The van der Waals surface area contributed by atoms with Crippen LogP contribution in [-0.4, -0.2) is 36.5 Å². The molecule has 0 aliphatic rings. The topological polar surface area (TPSA) is 105 Å². The fourth-order valence-electron chi connectivity index (χ4n) is 2.67. The quantitative estimate of drug-likeness (QED) is 0.642. The highest BCUT2D eigenvalue weighted by molar-refractivity contribution is 6.30. The normalized spacial score (nSPS) is 11.7. The van der Waals surface area contributed by atoms with Crippen molar-refractivity contribution >= 4 is 17.3 Å². The summed E-state index contributed by atoms with van der Waals surface area (Å²) >= 11 is 5.96. The Morgan fingerprint density at radius 2 is 1.93 bits per heavy atom. The van der Waals surface area contributed by atoms with Gasteiger partial charge < -0.3 is 10.1 Å². The first kappa shape index (κ1) is 18.7. The number of imidazole rings is 1. The van der Waals surface area contributed by atoms with E-state index in [2.05, 4.69) is 15.0 Å². The van der Waals surface area contributed by atoms with E-state index in [0.717, 1.165) is 14.8 Å². The molecule has 2 aromatic heterocycles. The molecule has 0 aliphatic heterocycles. The van der Waals surface area contributed by atoms with Crippen LogP contribution in [0.2, 0.25) is 5.02 Å². The molecule has 140 valence electrons. The highest BCUT2D eigenvalue weighted by Gasteiger charge is 2.21. The van der Waals surface area contributed by atoms with E-state index < -0.39 is 17.1 Å². The SMILES string of the molecule is Cn1c(O)c(C(=NCCc2cnc[nH]2)c2ccc(Cl)cc2)c(=O)n(C)c1=O. The van der Waals surface area contributed by atoms with Gasteiger partial charge in [-0.15, -0.1) is 0 Å². The molecule has 2 heterocycles. The van der Waals surface area contributed by atoms with Crippen molar-refractivity contribution in [1.82, 2.24) is 19.1 Å². The minimum atomic E-state index is -0.620. The van der Waals surface area contributed by atoms with Crippen LogP contribution in [0, 0.1) is 0 Å². The lowest BCUT2D eigenvalue weighted by atomic mass is 10.0. The van der Waals surface area contributed by atoms with Crippen LogP contribution >= 0.6 is 11.6 Å². The van der Waals surface area contributed by atoms with Gasteiger partial charge in [-0.1, -0.05) is 23.7 Å². The van der Waals surface area contributed by atoms with Crippen LogP contribution in [0.4, 0.5) is 0 Å². The number of H-pyrrole nitrogens is 1. The van der Waals surface area contributed by atoms with Gasteiger partial charge in [0.05, 0.1) is 12.0 Å². The third-order valence-corrected chi connectivity index (χ3v) is 4.45. The first-order valence-corrected chi connectivity index (χ1v) is 8.55. The predicted molar refractivity (Wildman–Crippen MR) is 103 cm³/mol. The van der Waals surface area contributed by atoms with Gasteiger partial charge in [-0.25, -0.2) is 9.78 Å². The zero-order valence-electron chi connectivity index (χ0n) is 14.8. The van der Waals surface area contributed by atoms with Crippen LogP contribution in [-0.2, 0) is 20.5 Å². The Labute approximate surface area is 159 Å². The maximum atomic E-state index is 12.7. The van der Waals surface area contributed by atoms with Crippen molar-refractivity contribution in [2.45, 2.75) is 6.42 Å². The van der Waals surface area contributed by atoms with Crippen LogP contribution in [0.1, 0.15) is 16.8 Å². The van der Waals surface area contributed by atoms with E-state index in [1.165, 1.54) is 14.1 Å². The van der Waals surface area contributed by atoms with Crippen molar-refractivity contribution in [2.75, 3.05) is 6.54 Å². The van der Waals surface area contributed by atoms with Gasteiger partial charge in [0.1, 0.15) is 5.56 Å². The van der Waals surface area contributed by atoms with Crippen molar-refractivity contribution in [3.63, 3.8) is 0 Å². The fraction of sp³-hybridized carbons (Fsp3) is 0.222. The number of aromatic hydroxyl groups is 1. The molecule has 0 unspecified atom stereocenters. The number of benzene rings is 1. The van der Waals surface area contributed by atoms with E-state index in [4.69, 9.17) is 11.6 Å². The van der Waals surface area contributed by atoms with Crippen LogP contribution in [0.3, 0.4) is 0 Å². The lowest BCUT2D eigenvalue weighted by Gasteiger charge is -2.13. The van der Waals surface area contributed by atoms with Crippen molar-refractivity contribution < 1.29 is 5.11 Å². The number of halogens is 1. The van der Waals surface area contributed by atoms with E-state index in [-0.39, 0.29) is 5.56 Å². The number of aliphatic imine (C=N–C) groups is 1. The Hall–Kier alpha value is -3.13. The molecule has 9 heteroatoms. The summed E-state index contributed by atoms with van der Waals surface area (Å²) in [5.41, 5.74) is 0.522. The molecule has 2 N–H and O–H groups in total. The number of hydrogen-bond donors (Lipinski definition) is 2. The van der Waals surface area contributed by atoms with E-state index in [9.17, 15) is 14.7 Å². The average molecular weight is 388 g/mol. The Kier molecular flexibility index (Phi) is 5.27. The lowest BCUT2D eigenvalue weighted by molar-refractivity contribution is 0.410. The summed E-state index contributed by atoms with van der Waals surface area (Å²) in [6, 6.07) is 6.76. The molecule has 0 spiro atoms. The standard InChI is InChI=1S/C18H18ClN5O3/c1-23-16(25)14(17(26)24(2)18(23)27)15(11-3-5-12(19)6-4-11)21-8-7-13-9-20-10-22-13/h3-6,9-10,25H,7-8H2,1-2H3,(H,20,22). The van der Waals surface area contributed by atoms with Gasteiger partial charge in [0.25, 0.3) is 5.56 Å². The minimum Gasteiger partial charge on any atom is -0.494 e. The molecule has 0 aliphatic carbocycles. The van der Waals surface area contributed by atoms with E-state index in [1.54, 1.807) is 36.8 Å². The van der Waals surface area contributed by atoms with Crippen molar-refractivity contribution in [3.05, 3.63) is 79.5 Å². The highest BCUT2D eigenvalue weighted by Crippen LogP contribution is 2.18. The predicted octanol–water partition coefficient (Wildman–Crippen LogP) is 1.25. The summed E-state index contributed by atoms with van der Waals surface area (Å²) in [7, 11) is 2.75. The molecule has 0 amide bonds. The molecule has 0 saturated heterocycles. The molecule has 1 aromatic carbocycles. The molecule has 27 heavy (non-hydrogen) atoms. The second kappa shape index (κ2) is 7.63. The Bertz CT molecular complexity index is 1100. The van der Waals surface area contributed by atoms with E-state index in [1.807, 2.05) is 0 Å². The summed E-state index contributed by atoms with van der Waals surface area (Å²) in [6.45, 7) is 0.353. The van der Waals surface area contributed by atoms with Gasteiger partial charge in [-0.2, -0.15) is 0 Å². The summed E-state index contributed by atoms with van der Waals surface area (Å²) in [4.78, 5) is 36.2. The van der Waals surface area contributed by atoms with Gasteiger partial charge in [0.2, 0.25) is 5.88 Å². The van der Waals surface area contributed by atoms with Gasteiger partial charge >= 0.3 is 5.69 Å². The second-order valence-corrected chi connectivity index (χ2v) is 6.40. The van der Waals surface area contributed by atoms with Crippen LogP contribution in [0.15, 0.2) is 51.4 Å². The smallest absolute Gasteiger partial charge is 0.333 e. The number of rotatable bonds is 5. The number of hydrogen-bond acceptors (Lipinski definition) is 5. The third-order valence-electron chi connectivity index (χ3n) is 4.19. The summed E-state index contributed by atoms with van der Waals surface area (Å²) < 4.78 is 1.95. The van der Waals surface area contributed by atoms with Crippen LogP contribution in [0.5, 0.6) is 5.88 Å². The second-order valence-electron chi connectivity index (χ2n) is 5.97. The van der Waals surface area contributed by atoms with E-state index >= 15 is 0 Å². The summed E-state index contributed by atoms with van der Waals surface area (Å²) in [6.07, 6.45) is 3.85. The summed E-state index contributed by atoms with van der Waals surface area (Å²) in [5.74, 6) is -0.432. The molecule has 0 bridgehead atoms. The van der Waals surface area contributed by atoms with Gasteiger partial charge in [-0.3, -0.25) is 18.9 Å². The van der Waals surface area contributed by atoms with Crippen molar-refractivity contribution in [3.8, 4) is 5.88 Å². The average Bonchev–Trinajstić information content (AvgIpc) is 3.18. The molecule has 0 radical (unpaired) electrons. The fourth-order valence-corrected chi connectivity index (χ4v) is 2.80. The largest absolute Gasteiger partial charge is 0.494 e. The Morgan fingerprint density at radius 1 is 1.22 bits per heavy atom. The number of nitrogens with zero attached hydrogens (tertiary/aromatic N) is 4. The van der Waals surface area contributed by atoms with Gasteiger partial charge in [0, 0.05) is 49.5 Å². The molecule has 3 rings (SSSR count). The molecule has 0 saturated carbocycles. The molecule has 0 fully saturated rings. The lowest BCUT2D eigenvalue weighted by Crippen LogP contribution is -2.40. The Morgan fingerprint density at radius 3 is 2.56 bits per heavy atom. The molecule has 8 nitrogen and oxygen atoms in total. The number of aromatic amines is 1. The molecular weight excluding hydrogens is 370 g/mol. The maximum Gasteiger partial charge on any atom is 0.333 e. The number of nitrogens with one attached hydrogen (secondary N) is 1. The molecule has 0 atom stereocenters. The van der Waals surface area contributed by atoms with Crippen molar-refractivity contribution in [1.29, 1.82) is 0 Å². The first-order chi connectivity index (χ1) is 12.9. The van der Waals surface area contributed by atoms with Gasteiger partial charge in [0.15, 0.2) is 0 Å². The molecule has 3 aromatic rings. The number of aromatic nitrogens is 4. The third kappa shape index (κ3) is 3.70. The Balaban J connectivity index is 2.14. The zero-order chi connectivity index (χ0) is 19.6. The van der Waals surface area contributed by atoms with Gasteiger partial charge in [-0.05, 0) is 12.1 Å². The molecular formula is C18H18ClN5O3. The minimum absolute atomic E-state index is 0.0356. The first-order valence-electron chi connectivity index (χ1n) is 8.17. The highest BCUT2D eigenvalue weighted by atomic mass is 35.5. The van der Waals surface area contributed by atoms with Crippen LogP contribution in [0.25, 0.3) is 0 Å². The van der Waals surface area contributed by atoms with E-state index in [0.29, 0.717) is 29.3 Å². The summed E-state index contributed by atoms with van der Waals surface area (Å²) in [5, 5.41) is 11.0. The van der Waals surface area contributed by atoms with Crippen molar-refractivity contribution in [2.24, 2.45) is 19.1 Å². The monoisotopic (exact) mass is 387 g/mol.